The summed E-state index contributed by atoms with van der Waals surface area (Å²) in [5.74, 6) is 1.59. The topological polar surface area (TPSA) is 75.4 Å². The quantitative estimate of drug-likeness (QED) is 0.610. The minimum Gasteiger partial charge on any atom is -0.497 e. The molecule has 0 unspecified atom stereocenters. The second-order valence-corrected chi connectivity index (χ2v) is 5.38. The summed E-state index contributed by atoms with van der Waals surface area (Å²) in [7, 11) is 1.61. The summed E-state index contributed by atoms with van der Waals surface area (Å²) in [4.78, 5) is 12.3. The van der Waals surface area contributed by atoms with Crippen LogP contribution in [-0.4, -0.2) is 31.6 Å². The Morgan fingerprint density at radius 3 is 2.91 bits per heavy atom. The molecule has 3 aromatic heterocycles. The molecule has 116 valence electrons. The molecule has 0 aliphatic heterocycles. The lowest BCUT2D eigenvalue weighted by Crippen LogP contribution is -1.93. The Kier molecular flexibility index (Phi) is 3.06. The molecule has 0 saturated heterocycles. The molecule has 0 atom stereocenters. The maximum atomic E-state index is 9.71. The summed E-state index contributed by atoms with van der Waals surface area (Å²) < 4.78 is 7.30. The van der Waals surface area contributed by atoms with E-state index in [1.165, 1.54) is 0 Å². The lowest BCUT2D eigenvalue weighted by molar-refractivity contribution is 0.281. The number of hydrogen-bond acceptors (Lipinski definition) is 4. The van der Waals surface area contributed by atoms with Crippen LogP contribution in [0.1, 0.15) is 11.4 Å². The number of nitrogens with one attached hydrogen (secondary N) is 1. The zero-order valence-corrected chi connectivity index (χ0v) is 12.9. The van der Waals surface area contributed by atoms with Gasteiger partial charge in [-0.25, -0.2) is 9.97 Å². The third-order valence-electron chi connectivity index (χ3n) is 4.08. The highest BCUT2D eigenvalue weighted by molar-refractivity contribution is 5.85. The third kappa shape index (κ3) is 1.99. The Balaban J connectivity index is 2.03. The highest BCUT2D eigenvalue weighted by Gasteiger charge is 2.16. The van der Waals surface area contributed by atoms with Crippen LogP contribution in [0.15, 0.2) is 36.7 Å². The maximum absolute atomic E-state index is 9.71. The van der Waals surface area contributed by atoms with Crippen LogP contribution in [0.2, 0.25) is 0 Å². The molecule has 0 aliphatic carbocycles. The molecule has 0 spiro atoms. The van der Waals surface area contributed by atoms with Crippen LogP contribution in [0.25, 0.3) is 27.9 Å². The summed E-state index contributed by atoms with van der Waals surface area (Å²) in [5, 5.41) is 9.71. The molecule has 3 heterocycles. The Labute approximate surface area is 132 Å². The molecule has 0 amide bonds. The minimum atomic E-state index is -0.0789. The van der Waals surface area contributed by atoms with Crippen molar-refractivity contribution in [2.75, 3.05) is 7.11 Å². The Hall–Kier alpha value is -2.86. The van der Waals surface area contributed by atoms with Gasteiger partial charge in [0.15, 0.2) is 5.65 Å². The summed E-state index contributed by atoms with van der Waals surface area (Å²) in [6, 6.07) is 7.61. The van der Waals surface area contributed by atoms with Gasteiger partial charge in [-0.2, -0.15) is 0 Å². The molecule has 0 radical (unpaired) electrons. The van der Waals surface area contributed by atoms with Crippen molar-refractivity contribution in [2.45, 2.75) is 13.5 Å². The Morgan fingerprint density at radius 1 is 1.26 bits per heavy atom. The van der Waals surface area contributed by atoms with Crippen molar-refractivity contribution in [3.8, 4) is 17.0 Å². The van der Waals surface area contributed by atoms with Crippen molar-refractivity contribution in [3.63, 3.8) is 0 Å². The molecule has 1 aromatic carbocycles. The molecule has 6 heteroatoms. The standard InChI is InChI=1S/C17H16N4O2/c1-10-20-16(13-4-3-12(23-2)7-11(13)9-22)15-8-19-17-14(21(10)15)5-6-18-17/h3-8,18,22H,9H2,1-2H3. The maximum Gasteiger partial charge on any atom is 0.154 e. The van der Waals surface area contributed by atoms with Gasteiger partial charge in [0, 0.05) is 11.8 Å². The third-order valence-corrected chi connectivity index (χ3v) is 4.08. The van der Waals surface area contributed by atoms with Gasteiger partial charge >= 0.3 is 0 Å². The summed E-state index contributed by atoms with van der Waals surface area (Å²) in [5.41, 5.74) is 5.19. The number of nitrogens with zero attached hydrogens (tertiary/aromatic N) is 3. The molecule has 4 rings (SSSR count). The largest absolute Gasteiger partial charge is 0.497 e. The fraction of sp³-hybridized carbons (Fsp3) is 0.176. The van der Waals surface area contributed by atoms with Gasteiger partial charge in [-0.3, -0.25) is 4.40 Å². The van der Waals surface area contributed by atoms with Gasteiger partial charge in [0.05, 0.1) is 36.6 Å². The number of aromatic nitrogens is 4. The number of ether oxygens (including phenoxy) is 1. The van der Waals surface area contributed by atoms with Crippen LogP contribution < -0.4 is 4.74 Å². The number of hydrogen-bond donors (Lipinski definition) is 2. The first-order chi connectivity index (χ1) is 11.2. The van der Waals surface area contributed by atoms with Crippen LogP contribution in [0.5, 0.6) is 5.75 Å². The predicted octanol–water partition coefficient (Wildman–Crippen LogP) is 2.69. The fourth-order valence-electron chi connectivity index (χ4n) is 2.99. The monoisotopic (exact) mass is 308 g/mol. The molecule has 0 fully saturated rings. The lowest BCUT2D eigenvalue weighted by Gasteiger charge is -2.08. The van der Waals surface area contributed by atoms with Crippen LogP contribution in [0.4, 0.5) is 0 Å². The number of aromatic amines is 1. The number of aryl methyl sites for hydroxylation is 1. The van der Waals surface area contributed by atoms with Crippen LogP contribution in [0.3, 0.4) is 0 Å². The average Bonchev–Trinajstić information content (AvgIpc) is 3.18. The van der Waals surface area contributed by atoms with Gasteiger partial charge in [-0.1, -0.05) is 0 Å². The molecule has 0 saturated carbocycles. The molecule has 6 nitrogen and oxygen atoms in total. The molecular weight excluding hydrogens is 292 g/mol. The number of aliphatic hydroxyl groups excluding tert-OH is 1. The summed E-state index contributed by atoms with van der Waals surface area (Å²) >= 11 is 0. The van der Waals surface area contributed by atoms with E-state index in [0.717, 1.165) is 39.3 Å². The number of H-pyrrole nitrogens is 1. The first-order valence-electron chi connectivity index (χ1n) is 7.32. The normalized spacial score (nSPS) is 11.4. The number of aliphatic hydroxyl groups is 1. The van der Waals surface area contributed by atoms with E-state index >= 15 is 0 Å². The summed E-state index contributed by atoms with van der Waals surface area (Å²) in [6.07, 6.45) is 3.67. The van der Waals surface area contributed by atoms with Crippen molar-refractivity contribution in [3.05, 3.63) is 48.0 Å². The SMILES string of the molecule is COc1ccc(-c2nc(C)n3c2cnc2[nH]ccc23)c(CO)c1. The number of methoxy groups -OCH3 is 1. The van der Waals surface area contributed by atoms with Gasteiger partial charge in [-0.15, -0.1) is 0 Å². The van der Waals surface area contributed by atoms with E-state index in [2.05, 4.69) is 14.4 Å². The zero-order valence-electron chi connectivity index (χ0n) is 12.9. The van der Waals surface area contributed by atoms with E-state index < -0.39 is 0 Å². The number of fused-ring (bicyclic) bond motifs is 3. The molecule has 23 heavy (non-hydrogen) atoms. The Morgan fingerprint density at radius 2 is 2.13 bits per heavy atom. The Bertz CT molecular complexity index is 1020. The second kappa shape index (κ2) is 5.10. The van der Waals surface area contributed by atoms with E-state index in [0.29, 0.717) is 5.75 Å². The van der Waals surface area contributed by atoms with Gasteiger partial charge in [0.2, 0.25) is 0 Å². The smallest absolute Gasteiger partial charge is 0.154 e. The van der Waals surface area contributed by atoms with Crippen molar-refractivity contribution in [1.29, 1.82) is 0 Å². The van der Waals surface area contributed by atoms with Gasteiger partial charge in [0.25, 0.3) is 0 Å². The van der Waals surface area contributed by atoms with E-state index in [1.807, 2.05) is 37.4 Å². The average molecular weight is 308 g/mol. The van der Waals surface area contributed by atoms with Crippen LogP contribution in [0, 0.1) is 6.92 Å². The molecular formula is C17H16N4O2. The first-order valence-corrected chi connectivity index (χ1v) is 7.32. The predicted molar refractivity (Wildman–Crippen MR) is 87.5 cm³/mol. The minimum absolute atomic E-state index is 0.0789. The summed E-state index contributed by atoms with van der Waals surface area (Å²) in [6.45, 7) is 1.88. The van der Waals surface area contributed by atoms with E-state index in [1.54, 1.807) is 13.3 Å². The van der Waals surface area contributed by atoms with E-state index in [9.17, 15) is 5.11 Å². The molecule has 0 aliphatic rings. The van der Waals surface area contributed by atoms with Gasteiger partial charge in [-0.05, 0) is 36.8 Å². The number of benzene rings is 1. The molecule has 2 N–H and O–H groups in total. The van der Waals surface area contributed by atoms with E-state index in [-0.39, 0.29) is 6.61 Å². The molecule has 4 aromatic rings. The van der Waals surface area contributed by atoms with E-state index in [4.69, 9.17) is 9.72 Å². The van der Waals surface area contributed by atoms with Crippen molar-refractivity contribution < 1.29 is 9.84 Å². The highest BCUT2D eigenvalue weighted by Crippen LogP contribution is 2.31. The second-order valence-electron chi connectivity index (χ2n) is 5.38. The van der Waals surface area contributed by atoms with Crippen LogP contribution >= 0.6 is 0 Å². The van der Waals surface area contributed by atoms with Crippen LogP contribution in [-0.2, 0) is 6.61 Å². The van der Waals surface area contributed by atoms with Crippen molar-refractivity contribution >= 4 is 16.7 Å². The van der Waals surface area contributed by atoms with Crippen molar-refractivity contribution in [1.82, 2.24) is 19.4 Å². The highest BCUT2D eigenvalue weighted by atomic mass is 16.5. The van der Waals surface area contributed by atoms with Gasteiger partial charge in [0.1, 0.15) is 11.6 Å². The first kappa shape index (κ1) is 13.8. The van der Waals surface area contributed by atoms with Gasteiger partial charge < -0.3 is 14.8 Å². The fourth-order valence-corrected chi connectivity index (χ4v) is 2.99. The number of rotatable bonds is 3. The lowest BCUT2D eigenvalue weighted by atomic mass is 10.0. The zero-order chi connectivity index (χ0) is 16.0. The van der Waals surface area contributed by atoms with Crippen molar-refractivity contribution in [2.24, 2.45) is 0 Å². The molecule has 0 bridgehead atoms. The number of imidazole rings is 1.